The van der Waals surface area contributed by atoms with E-state index in [0.717, 1.165) is 11.3 Å². The summed E-state index contributed by atoms with van der Waals surface area (Å²) in [7, 11) is 0. The number of carbonyl (C=O) groups is 2. The summed E-state index contributed by atoms with van der Waals surface area (Å²) in [6.07, 6.45) is 1.66. The van der Waals surface area contributed by atoms with E-state index in [4.69, 9.17) is 4.42 Å². The lowest BCUT2D eigenvalue weighted by atomic mass is 9.97. The summed E-state index contributed by atoms with van der Waals surface area (Å²) in [6, 6.07) is 13.4. The SMILES string of the molecule is CC1=C(C)/C(=C/c2ccc(-c3ccccc3)o2)C(=O)NC1=O. The fraction of sp³-hybridized carbons (Fsp3) is 0.111. The molecular formula is C18H15NO3. The highest BCUT2D eigenvalue weighted by molar-refractivity contribution is 6.18. The monoisotopic (exact) mass is 293 g/mol. The Labute approximate surface area is 128 Å². The number of imide groups is 1. The zero-order valence-electron chi connectivity index (χ0n) is 12.3. The second-order valence-electron chi connectivity index (χ2n) is 5.16. The fourth-order valence-corrected chi connectivity index (χ4v) is 2.31. The van der Waals surface area contributed by atoms with Crippen LogP contribution in [0.4, 0.5) is 0 Å². The van der Waals surface area contributed by atoms with Crippen LogP contribution in [0, 0.1) is 0 Å². The number of furan rings is 1. The number of hydrogen-bond acceptors (Lipinski definition) is 3. The second-order valence-corrected chi connectivity index (χ2v) is 5.16. The van der Waals surface area contributed by atoms with E-state index in [1.54, 1.807) is 19.9 Å². The van der Waals surface area contributed by atoms with Crippen LogP contribution in [0.25, 0.3) is 17.4 Å². The third-order valence-electron chi connectivity index (χ3n) is 3.75. The molecule has 0 atom stereocenters. The van der Waals surface area contributed by atoms with Crippen molar-refractivity contribution in [3.63, 3.8) is 0 Å². The molecule has 2 aromatic rings. The lowest BCUT2D eigenvalue weighted by molar-refractivity contribution is -0.126. The van der Waals surface area contributed by atoms with Crippen LogP contribution in [-0.4, -0.2) is 11.8 Å². The number of rotatable bonds is 2. The van der Waals surface area contributed by atoms with E-state index in [-0.39, 0.29) is 5.91 Å². The maximum absolute atomic E-state index is 12.0. The molecule has 110 valence electrons. The van der Waals surface area contributed by atoms with Crippen LogP contribution in [0.3, 0.4) is 0 Å². The Hall–Kier alpha value is -2.88. The highest BCUT2D eigenvalue weighted by Gasteiger charge is 2.25. The number of hydrogen-bond donors (Lipinski definition) is 1. The molecule has 3 rings (SSSR count). The Kier molecular flexibility index (Phi) is 3.51. The second kappa shape index (κ2) is 5.48. The average molecular weight is 293 g/mol. The molecule has 2 heterocycles. The van der Waals surface area contributed by atoms with Crippen molar-refractivity contribution in [2.45, 2.75) is 13.8 Å². The van der Waals surface area contributed by atoms with E-state index in [1.165, 1.54) is 0 Å². The van der Waals surface area contributed by atoms with Crippen molar-refractivity contribution in [1.29, 1.82) is 0 Å². The summed E-state index contributed by atoms with van der Waals surface area (Å²) < 4.78 is 5.77. The van der Waals surface area contributed by atoms with Gasteiger partial charge in [-0.1, -0.05) is 30.3 Å². The van der Waals surface area contributed by atoms with Crippen LogP contribution >= 0.6 is 0 Å². The first-order valence-corrected chi connectivity index (χ1v) is 6.97. The maximum Gasteiger partial charge on any atom is 0.258 e. The van der Waals surface area contributed by atoms with Crippen molar-refractivity contribution < 1.29 is 14.0 Å². The summed E-state index contributed by atoms with van der Waals surface area (Å²) in [5.41, 5.74) is 2.64. The van der Waals surface area contributed by atoms with Crippen molar-refractivity contribution in [2.75, 3.05) is 0 Å². The molecule has 2 amide bonds. The Morgan fingerprint density at radius 3 is 2.36 bits per heavy atom. The fourth-order valence-electron chi connectivity index (χ4n) is 2.31. The van der Waals surface area contributed by atoms with Gasteiger partial charge in [0.05, 0.1) is 0 Å². The molecule has 0 bridgehead atoms. The molecule has 0 saturated carbocycles. The van der Waals surface area contributed by atoms with Gasteiger partial charge in [-0.15, -0.1) is 0 Å². The summed E-state index contributed by atoms with van der Waals surface area (Å²) >= 11 is 0. The molecule has 0 unspecified atom stereocenters. The van der Waals surface area contributed by atoms with Crippen molar-refractivity contribution in [1.82, 2.24) is 5.32 Å². The predicted octanol–water partition coefficient (Wildman–Crippen LogP) is 3.32. The molecule has 1 aromatic carbocycles. The molecule has 1 aliphatic rings. The molecule has 0 fully saturated rings. The highest BCUT2D eigenvalue weighted by atomic mass is 16.3. The molecule has 0 saturated heterocycles. The normalized spacial score (nSPS) is 17.1. The minimum atomic E-state index is -0.397. The highest BCUT2D eigenvalue weighted by Crippen LogP contribution is 2.26. The molecule has 0 spiro atoms. The quantitative estimate of drug-likeness (QED) is 0.682. The first-order chi connectivity index (χ1) is 10.6. The Bertz CT molecular complexity index is 810. The third-order valence-corrected chi connectivity index (χ3v) is 3.75. The van der Waals surface area contributed by atoms with E-state index >= 15 is 0 Å². The van der Waals surface area contributed by atoms with Gasteiger partial charge in [0.25, 0.3) is 11.8 Å². The zero-order valence-corrected chi connectivity index (χ0v) is 12.3. The standard InChI is InChI=1S/C18H15NO3/c1-11-12(2)17(20)19-18(21)15(11)10-14-8-9-16(22-14)13-6-4-3-5-7-13/h3-10H,1-2H3,(H,19,20,21)/b15-10-. The lowest BCUT2D eigenvalue weighted by Gasteiger charge is -2.16. The summed E-state index contributed by atoms with van der Waals surface area (Å²) in [5, 5.41) is 2.32. The van der Waals surface area contributed by atoms with E-state index in [0.29, 0.717) is 22.5 Å². The van der Waals surface area contributed by atoms with E-state index in [1.807, 2.05) is 42.5 Å². The van der Waals surface area contributed by atoms with Gasteiger partial charge in [-0.25, -0.2) is 0 Å². The predicted molar refractivity (Wildman–Crippen MR) is 83.6 cm³/mol. The summed E-state index contributed by atoms with van der Waals surface area (Å²) in [6.45, 7) is 3.46. The van der Waals surface area contributed by atoms with Gasteiger partial charge in [-0.2, -0.15) is 0 Å². The summed E-state index contributed by atoms with van der Waals surface area (Å²) in [4.78, 5) is 23.5. The number of nitrogens with one attached hydrogen (secondary N) is 1. The molecule has 4 nitrogen and oxygen atoms in total. The number of benzene rings is 1. The lowest BCUT2D eigenvalue weighted by Crippen LogP contribution is -2.37. The van der Waals surface area contributed by atoms with Crippen molar-refractivity contribution in [3.8, 4) is 11.3 Å². The van der Waals surface area contributed by atoms with Gasteiger partial charge in [0, 0.05) is 16.7 Å². The molecule has 22 heavy (non-hydrogen) atoms. The van der Waals surface area contributed by atoms with Crippen molar-refractivity contribution >= 4 is 17.9 Å². The number of amides is 2. The summed E-state index contributed by atoms with van der Waals surface area (Å²) in [5.74, 6) is 0.568. The van der Waals surface area contributed by atoms with Gasteiger partial charge in [-0.05, 0) is 37.6 Å². The molecule has 0 aliphatic carbocycles. The minimum absolute atomic E-state index is 0.343. The minimum Gasteiger partial charge on any atom is -0.457 e. The van der Waals surface area contributed by atoms with Gasteiger partial charge >= 0.3 is 0 Å². The van der Waals surface area contributed by atoms with Crippen LogP contribution in [0.5, 0.6) is 0 Å². The zero-order chi connectivity index (χ0) is 15.7. The Morgan fingerprint density at radius 1 is 0.909 bits per heavy atom. The molecular weight excluding hydrogens is 278 g/mol. The van der Waals surface area contributed by atoms with Crippen molar-refractivity contribution in [3.05, 3.63) is 64.9 Å². The molecule has 1 N–H and O–H groups in total. The molecule has 1 aromatic heterocycles. The van der Waals surface area contributed by atoms with E-state index in [9.17, 15) is 9.59 Å². The molecule has 1 aliphatic heterocycles. The maximum atomic E-state index is 12.0. The third kappa shape index (κ3) is 2.51. The van der Waals surface area contributed by atoms with Crippen LogP contribution in [0.15, 0.2) is 63.6 Å². The molecule has 4 heteroatoms. The Morgan fingerprint density at radius 2 is 1.64 bits per heavy atom. The van der Waals surface area contributed by atoms with E-state index < -0.39 is 5.91 Å². The van der Waals surface area contributed by atoms with Gasteiger partial charge in [0.15, 0.2) is 0 Å². The first-order valence-electron chi connectivity index (χ1n) is 6.97. The number of carbonyl (C=O) groups excluding carboxylic acids is 2. The van der Waals surface area contributed by atoms with Gasteiger partial charge in [-0.3, -0.25) is 14.9 Å². The molecule has 0 radical (unpaired) electrons. The van der Waals surface area contributed by atoms with Gasteiger partial charge < -0.3 is 4.42 Å². The van der Waals surface area contributed by atoms with Crippen LogP contribution in [-0.2, 0) is 9.59 Å². The average Bonchev–Trinajstić information content (AvgIpc) is 2.99. The van der Waals surface area contributed by atoms with Gasteiger partial charge in [0.1, 0.15) is 11.5 Å². The van der Waals surface area contributed by atoms with Crippen LogP contribution in [0.1, 0.15) is 19.6 Å². The van der Waals surface area contributed by atoms with Crippen molar-refractivity contribution in [2.24, 2.45) is 0 Å². The van der Waals surface area contributed by atoms with Crippen LogP contribution in [0.2, 0.25) is 0 Å². The van der Waals surface area contributed by atoms with Gasteiger partial charge in [0.2, 0.25) is 0 Å². The van der Waals surface area contributed by atoms with E-state index in [2.05, 4.69) is 5.32 Å². The first kappa shape index (κ1) is 14.1. The topological polar surface area (TPSA) is 59.3 Å². The largest absolute Gasteiger partial charge is 0.457 e. The van der Waals surface area contributed by atoms with Crippen LogP contribution < -0.4 is 5.32 Å². The Balaban J connectivity index is 1.98. The smallest absolute Gasteiger partial charge is 0.258 e.